The van der Waals surface area contributed by atoms with Crippen LogP contribution in [-0.2, 0) is 16.1 Å². The largest absolute Gasteiger partial charge is 0.368 e. The highest BCUT2D eigenvalue weighted by Crippen LogP contribution is 2.20. The van der Waals surface area contributed by atoms with Gasteiger partial charge < -0.3 is 16.4 Å². The molecule has 2 rings (SSSR count). The fraction of sp³-hybridized carbons (Fsp3) is 0.583. The number of rotatable bonds is 5. The van der Waals surface area contributed by atoms with E-state index in [9.17, 15) is 9.59 Å². The predicted octanol–water partition coefficient (Wildman–Crippen LogP) is -1.05. The second-order valence-electron chi connectivity index (χ2n) is 4.72. The number of nitrogens with one attached hydrogen (secondary N) is 2. The Morgan fingerprint density at radius 2 is 2.42 bits per heavy atom. The number of hydrogen-bond donors (Lipinski definition) is 3. The average Bonchev–Trinajstić information content (AvgIpc) is 2.86. The molecule has 7 nitrogen and oxygen atoms in total. The average molecular weight is 265 g/mol. The summed E-state index contributed by atoms with van der Waals surface area (Å²) in [4.78, 5) is 22.1. The fourth-order valence-electron chi connectivity index (χ4n) is 2.18. The van der Waals surface area contributed by atoms with Gasteiger partial charge in [0.25, 0.3) is 0 Å². The Morgan fingerprint density at radius 1 is 1.58 bits per heavy atom. The lowest BCUT2D eigenvalue weighted by Crippen LogP contribution is -2.35. The number of carbonyl (C=O) groups excluding carboxylic acids is 2. The fourth-order valence-corrected chi connectivity index (χ4v) is 2.18. The van der Waals surface area contributed by atoms with Crippen LogP contribution in [0.1, 0.15) is 24.5 Å². The molecule has 1 aliphatic rings. The van der Waals surface area contributed by atoms with E-state index in [1.54, 1.807) is 10.9 Å². The molecule has 1 atom stereocenters. The van der Waals surface area contributed by atoms with Crippen LogP contribution >= 0.6 is 0 Å². The van der Waals surface area contributed by atoms with E-state index in [1.165, 1.54) is 0 Å². The number of piperidine rings is 1. The van der Waals surface area contributed by atoms with E-state index in [-0.39, 0.29) is 19.0 Å². The number of nitrogens with zero attached hydrogens (tertiary/aromatic N) is 2. The van der Waals surface area contributed by atoms with Crippen LogP contribution in [-0.4, -0.2) is 41.2 Å². The smallest absolute Gasteiger partial charge is 0.242 e. The van der Waals surface area contributed by atoms with Crippen molar-refractivity contribution in [3.63, 3.8) is 0 Å². The Labute approximate surface area is 111 Å². The molecule has 2 heterocycles. The normalized spacial score (nSPS) is 19.1. The molecule has 104 valence electrons. The number of amides is 2. The van der Waals surface area contributed by atoms with Gasteiger partial charge >= 0.3 is 0 Å². The van der Waals surface area contributed by atoms with Crippen molar-refractivity contribution in [2.45, 2.75) is 25.3 Å². The zero-order chi connectivity index (χ0) is 13.7. The molecule has 0 bridgehead atoms. The summed E-state index contributed by atoms with van der Waals surface area (Å²) in [5, 5.41) is 10.2. The molecule has 1 fully saturated rings. The lowest BCUT2D eigenvalue weighted by molar-refractivity contribution is -0.125. The number of aromatic nitrogens is 2. The molecule has 1 aromatic rings. The number of primary amides is 1. The summed E-state index contributed by atoms with van der Waals surface area (Å²) < 4.78 is 1.58. The summed E-state index contributed by atoms with van der Waals surface area (Å²) in [7, 11) is 0. The van der Waals surface area contributed by atoms with Gasteiger partial charge in [-0.15, -0.1) is 0 Å². The molecular weight excluding hydrogens is 246 g/mol. The quantitative estimate of drug-likeness (QED) is 0.632. The maximum atomic E-state index is 11.5. The first-order valence-electron chi connectivity index (χ1n) is 6.44. The van der Waals surface area contributed by atoms with Crippen LogP contribution in [0.15, 0.2) is 12.3 Å². The maximum Gasteiger partial charge on any atom is 0.242 e. The van der Waals surface area contributed by atoms with Gasteiger partial charge in [0, 0.05) is 18.7 Å². The van der Waals surface area contributed by atoms with Crippen LogP contribution in [0.2, 0.25) is 0 Å². The molecule has 0 unspecified atom stereocenters. The molecular formula is C12H19N5O2. The lowest BCUT2D eigenvalue weighted by Gasteiger charge is -2.20. The summed E-state index contributed by atoms with van der Waals surface area (Å²) >= 11 is 0. The first-order valence-corrected chi connectivity index (χ1v) is 6.44. The van der Waals surface area contributed by atoms with Crippen LogP contribution in [0.3, 0.4) is 0 Å². The van der Waals surface area contributed by atoms with Gasteiger partial charge in [-0.05, 0) is 25.5 Å². The van der Waals surface area contributed by atoms with Crippen molar-refractivity contribution < 1.29 is 9.59 Å². The van der Waals surface area contributed by atoms with Crippen molar-refractivity contribution >= 4 is 11.8 Å². The molecule has 2 amide bonds. The number of nitrogens with two attached hydrogens (primary N) is 1. The minimum atomic E-state index is -0.553. The zero-order valence-corrected chi connectivity index (χ0v) is 10.8. The van der Waals surface area contributed by atoms with Crippen molar-refractivity contribution in [1.82, 2.24) is 20.4 Å². The standard InChI is InChI=1S/C12H19N5O2/c13-11(18)7-15-12(19)8-17-5-3-10(16-17)9-2-1-4-14-6-9/h3,5,9,14H,1-2,4,6-8H2,(H2,13,18)(H,15,19)/t9-/m0/s1. The molecule has 4 N–H and O–H groups in total. The predicted molar refractivity (Wildman–Crippen MR) is 69.3 cm³/mol. The second kappa shape index (κ2) is 6.33. The lowest BCUT2D eigenvalue weighted by atomic mass is 9.97. The number of carbonyl (C=O) groups is 2. The van der Waals surface area contributed by atoms with Crippen LogP contribution in [0.5, 0.6) is 0 Å². The Balaban J connectivity index is 1.86. The first kappa shape index (κ1) is 13.5. The first-order chi connectivity index (χ1) is 9.15. The van der Waals surface area contributed by atoms with Crippen molar-refractivity contribution in [2.24, 2.45) is 5.73 Å². The second-order valence-corrected chi connectivity index (χ2v) is 4.72. The highest BCUT2D eigenvalue weighted by molar-refractivity contribution is 5.83. The molecule has 0 spiro atoms. The Morgan fingerprint density at radius 3 is 3.11 bits per heavy atom. The van der Waals surface area contributed by atoms with Gasteiger partial charge in [-0.25, -0.2) is 0 Å². The van der Waals surface area contributed by atoms with E-state index in [4.69, 9.17) is 5.73 Å². The van der Waals surface area contributed by atoms with Crippen LogP contribution in [0.25, 0.3) is 0 Å². The van der Waals surface area contributed by atoms with Crippen LogP contribution in [0, 0.1) is 0 Å². The van der Waals surface area contributed by atoms with Crippen molar-refractivity contribution in [2.75, 3.05) is 19.6 Å². The molecule has 0 aliphatic carbocycles. The van der Waals surface area contributed by atoms with E-state index in [2.05, 4.69) is 15.7 Å². The van der Waals surface area contributed by atoms with Gasteiger partial charge in [-0.3, -0.25) is 14.3 Å². The summed E-state index contributed by atoms with van der Waals surface area (Å²) in [5.41, 5.74) is 5.96. The molecule has 1 aliphatic heterocycles. The van der Waals surface area contributed by atoms with Gasteiger partial charge in [0.05, 0.1) is 12.2 Å². The van der Waals surface area contributed by atoms with Crippen LogP contribution < -0.4 is 16.4 Å². The van der Waals surface area contributed by atoms with Gasteiger partial charge in [-0.2, -0.15) is 5.10 Å². The third kappa shape index (κ3) is 4.06. The summed E-state index contributed by atoms with van der Waals surface area (Å²) in [6, 6.07) is 1.94. The highest BCUT2D eigenvalue weighted by Gasteiger charge is 2.17. The van der Waals surface area contributed by atoms with Gasteiger partial charge in [-0.1, -0.05) is 0 Å². The topological polar surface area (TPSA) is 102 Å². The Kier molecular flexibility index (Phi) is 4.51. The summed E-state index contributed by atoms with van der Waals surface area (Å²) in [6.07, 6.45) is 4.06. The molecule has 7 heteroatoms. The van der Waals surface area contributed by atoms with Gasteiger partial charge in [0.2, 0.25) is 11.8 Å². The van der Waals surface area contributed by atoms with Crippen molar-refractivity contribution in [3.05, 3.63) is 18.0 Å². The Bertz CT molecular complexity index is 451. The van der Waals surface area contributed by atoms with Crippen LogP contribution in [0.4, 0.5) is 0 Å². The SMILES string of the molecule is NC(=O)CNC(=O)Cn1ccc([C@H]2CCCNC2)n1. The third-order valence-corrected chi connectivity index (χ3v) is 3.14. The zero-order valence-electron chi connectivity index (χ0n) is 10.8. The Hall–Kier alpha value is -1.89. The van der Waals surface area contributed by atoms with E-state index in [0.29, 0.717) is 5.92 Å². The maximum absolute atomic E-state index is 11.5. The molecule has 1 aromatic heterocycles. The summed E-state index contributed by atoms with van der Waals surface area (Å²) in [5.74, 6) is -0.401. The van der Waals surface area contributed by atoms with Crippen molar-refractivity contribution in [1.29, 1.82) is 0 Å². The molecule has 0 aromatic carbocycles. The summed E-state index contributed by atoms with van der Waals surface area (Å²) in [6.45, 7) is 1.96. The molecule has 0 saturated carbocycles. The molecule has 1 saturated heterocycles. The molecule has 0 radical (unpaired) electrons. The minimum Gasteiger partial charge on any atom is -0.368 e. The van der Waals surface area contributed by atoms with Gasteiger partial charge in [0.1, 0.15) is 6.54 Å². The monoisotopic (exact) mass is 265 g/mol. The number of hydrogen-bond acceptors (Lipinski definition) is 4. The van der Waals surface area contributed by atoms with E-state index in [0.717, 1.165) is 31.6 Å². The van der Waals surface area contributed by atoms with E-state index >= 15 is 0 Å². The molecule has 19 heavy (non-hydrogen) atoms. The minimum absolute atomic E-state index is 0.105. The van der Waals surface area contributed by atoms with E-state index in [1.807, 2.05) is 6.07 Å². The third-order valence-electron chi connectivity index (χ3n) is 3.14. The van der Waals surface area contributed by atoms with E-state index < -0.39 is 5.91 Å². The van der Waals surface area contributed by atoms with Gasteiger partial charge in [0.15, 0.2) is 0 Å². The van der Waals surface area contributed by atoms with Crippen molar-refractivity contribution in [3.8, 4) is 0 Å². The highest BCUT2D eigenvalue weighted by atomic mass is 16.2.